The van der Waals surface area contributed by atoms with Gasteiger partial charge in [-0.1, -0.05) is 0 Å². The Balaban J connectivity index is 2.38. The number of likely N-dealkylation sites (tertiary alicyclic amines) is 1. The summed E-state index contributed by atoms with van der Waals surface area (Å²) in [7, 11) is 3.61. The zero-order chi connectivity index (χ0) is 14.4. The smallest absolute Gasteiger partial charge is 0.236 e. The van der Waals surface area contributed by atoms with Crippen LogP contribution in [0.15, 0.2) is 0 Å². The van der Waals surface area contributed by atoms with E-state index in [4.69, 9.17) is 0 Å². The second-order valence-corrected chi connectivity index (χ2v) is 5.35. The molecule has 0 aromatic carbocycles. The minimum absolute atomic E-state index is 0.134. The van der Waals surface area contributed by atoms with E-state index in [-0.39, 0.29) is 17.7 Å². The molecular formula is C14H27N3O2. The molecule has 19 heavy (non-hydrogen) atoms. The average molecular weight is 269 g/mol. The second-order valence-electron chi connectivity index (χ2n) is 5.35. The zero-order valence-electron chi connectivity index (χ0n) is 12.7. The van der Waals surface area contributed by atoms with Crippen LogP contribution < -0.4 is 0 Å². The van der Waals surface area contributed by atoms with Gasteiger partial charge in [-0.25, -0.2) is 0 Å². The van der Waals surface area contributed by atoms with Gasteiger partial charge in [-0.3, -0.25) is 14.5 Å². The van der Waals surface area contributed by atoms with E-state index in [0.29, 0.717) is 6.54 Å². The molecule has 1 saturated heterocycles. The summed E-state index contributed by atoms with van der Waals surface area (Å²) in [6.45, 7) is 7.72. The SMILES string of the molecule is CCN(CC)C(=O)CN1CCC(C(=O)N(C)C)CC1. The number of piperidine rings is 1. The minimum Gasteiger partial charge on any atom is -0.349 e. The number of carbonyl (C=O) groups excluding carboxylic acids is 2. The number of rotatable bonds is 5. The van der Waals surface area contributed by atoms with Gasteiger partial charge in [0.2, 0.25) is 11.8 Å². The number of hydrogen-bond acceptors (Lipinski definition) is 3. The Morgan fingerprint density at radius 1 is 1.11 bits per heavy atom. The molecule has 5 heteroatoms. The third-order valence-corrected chi connectivity index (χ3v) is 3.85. The van der Waals surface area contributed by atoms with Crippen molar-refractivity contribution in [2.75, 3.05) is 46.8 Å². The van der Waals surface area contributed by atoms with Crippen LogP contribution in [0.4, 0.5) is 0 Å². The molecule has 0 saturated carbocycles. The van der Waals surface area contributed by atoms with Crippen molar-refractivity contribution >= 4 is 11.8 Å². The van der Waals surface area contributed by atoms with Gasteiger partial charge in [-0.05, 0) is 39.8 Å². The van der Waals surface area contributed by atoms with E-state index in [2.05, 4.69) is 4.90 Å². The van der Waals surface area contributed by atoms with E-state index < -0.39 is 0 Å². The Morgan fingerprint density at radius 3 is 2.05 bits per heavy atom. The maximum Gasteiger partial charge on any atom is 0.236 e. The monoisotopic (exact) mass is 269 g/mol. The quantitative estimate of drug-likeness (QED) is 0.736. The molecule has 1 aliphatic heterocycles. The molecule has 0 aromatic rings. The van der Waals surface area contributed by atoms with Gasteiger partial charge in [-0.15, -0.1) is 0 Å². The molecule has 1 rings (SSSR count). The molecule has 1 heterocycles. The Morgan fingerprint density at radius 2 is 1.63 bits per heavy atom. The van der Waals surface area contributed by atoms with E-state index in [9.17, 15) is 9.59 Å². The highest BCUT2D eigenvalue weighted by Gasteiger charge is 2.27. The van der Waals surface area contributed by atoms with Crippen molar-refractivity contribution in [1.82, 2.24) is 14.7 Å². The summed E-state index contributed by atoms with van der Waals surface area (Å²) in [5.41, 5.74) is 0. The van der Waals surface area contributed by atoms with Gasteiger partial charge >= 0.3 is 0 Å². The lowest BCUT2D eigenvalue weighted by Crippen LogP contribution is -2.45. The van der Waals surface area contributed by atoms with Crippen molar-refractivity contribution in [3.63, 3.8) is 0 Å². The highest BCUT2D eigenvalue weighted by Crippen LogP contribution is 2.18. The summed E-state index contributed by atoms with van der Waals surface area (Å²) in [5.74, 6) is 0.548. The highest BCUT2D eigenvalue weighted by molar-refractivity contribution is 5.79. The van der Waals surface area contributed by atoms with E-state index in [1.165, 1.54) is 0 Å². The lowest BCUT2D eigenvalue weighted by molar-refractivity contribution is -0.135. The van der Waals surface area contributed by atoms with Gasteiger partial charge in [0.25, 0.3) is 0 Å². The van der Waals surface area contributed by atoms with Crippen molar-refractivity contribution in [3.8, 4) is 0 Å². The van der Waals surface area contributed by atoms with Crippen LogP contribution in [-0.4, -0.2) is 73.3 Å². The standard InChI is InChI=1S/C14H27N3O2/c1-5-17(6-2)13(18)11-16-9-7-12(8-10-16)14(19)15(3)4/h12H,5-11H2,1-4H3. The first-order chi connectivity index (χ1) is 8.99. The third-order valence-electron chi connectivity index (χ3n) is 3.85. The Kier molecular flexibility index (Phi) is 6.28. The molecule has 0 radical (unpaired) electrons. The molecule has 1 aliphatic rings. The topological polar surface area (TPSA) is 43.9 Å². The normalized spacial score (nSPS) is 17.3. The lowest BCUT2D eigenvalue weighted by Gasteiger charge is -2.33. The highest BCUT2D eigenvalue weighted by atomic mass is 16.2. The van der Waals surface area contributed by atoms with Crippen LogP contribution in [0, 0.1) is 5.92 Å². The Bertz CT molecular complexity index is 306. The molecular weight excluding hydrogens is 242 g/mol. The summed E-state index contributed by atoms with van der Waals surface area (Å²) in [6, 6.07) is 0. The Hall–Kier alpha value is -1.10. The maximum atomic E-state index is 12.0. The van der Waals surface area contributed by atoms with Gasteiger partial charge in [-0.2, -0.15) is 0 Å². The third kappa shape index (κ3) is 4.49. The fourth-order valence-corrected chi connectivity index (χ4v) is 2.57. The van der Waals surface area contributed by atoms with Crippen LogP contribution in [-0.2, 0) is 9.59 Å². The molecule has 0 spiro atoms. The lowest BCUT2D eigenvalue weighted by atomic mass is 9.95. The van der Waals surface area contributed by atoms with Crippen LogP contribution in [0.3, 0.4) is 0 Å². The molecule has 0 N–H and O–H groups in total. The maximum absolute atomic E-state index is 12.0. The molecule has 0 bridgehead atoms. The van der Waals surface area contributed by atoms with Gasteiger partial charge in [0.05, 0.1) is 6.54 Å². The number of amides is 2. The van der Waals surface area contributed by atoms with Crippen molar-refractivity contribution < 1.29 is 9.59 Å². The molecule has 1 fully saturated rings. The van der Waals surface area contributed by atoms with Crippen molar-refractivity contribution in [3.05, 3.63) is 0 Å². The first-order valence-corrected chi connectivity index (χ1v) is 7.20. The molecule has 5 nitrogen and oxygen atoms in total. The van der Waals surface area contributed by atoms with Crippen LogP contribution in [0.1, 0.15) is 26.7 Å². The van der Waals surface area contributed by atoms with Gasteiger partial charge < -0.3 is 9.80 Å². The first-order valence-electron chi connectivity index (χ1n) is 7.20. The van der Waals surface area contributed by atoms with E-state index in [0.717, 1.165) is 39.0 Å². The molecule has 2 amide bonds. The minimum atomic E-state index is 0.134. The molecule has 0 aliphatic carbocycles. The molecule has 0 atom stereocenters. The molecule has 0 aromatic heterocycles. The summed E-state index contributed by atoms with van der Waals surface area (Å²) in [6.07, 6.45) is 1.73. The summed E-state index contributed by atoms with van der Waals surface area (Å²) < 4.78 is 0. The summed E-state index contributed by atoms with van der Waals surface area (Å²) >= 11 is 0. The van der Waals surface area contributed by atoms with Crippen molar-refractivity contribution in [1.29, 1.82) is 0 Å². The zero-order valence-corrected chi connectivity index (χ0v) is 12.7. The fraction of sp³-hybridized carbons (Fsp3) is 0.857. The van der Waals surface area contributed by atoms with Crippen LogP contribution in [0.2, 0.25) is 0 Å². The predicted octanol–water partition coefficient (Wildman–Crippen LogP) is 0.655. The summed E-state index contributed by atoms with van der Waals surface area (Å²) in [4.78, 5) is 29.6. The number of hydrogen-bond donors (Lipinski definition) is 0. The Labute approximate surface area is 116 Å². The average Bonchev–Trinajstić information content (AvgIpc) is 2.40. The predicted molar refractivity (Wildman–Crippen MR) is 75.8 cm³/mol. The fourth-order valence-electron chi connectivity index (χ4n) is 2.57. The first kappa shape index (κ1) is 16.0. The van der Waals surface area contributed by atoms with Crippen LogP contribution >= 0.6 is 0 Å². The molecule has 110 valence electrons. The van der Waals surface area contributed by atoms with Gasteiger partial charge in [0.15, 0.2) is 0 Å². The van der Waals surface area contributed by atoms with Crippen LogP contribution in [0.5, 0.6) is 0 Å². The van der Waals surface area contributed by atoms with Gasteiger partial charge in [0, 0.05) is 33.1 Å². The van der Waals surface area contributed by atoms with Crippen LogP contribution in [0.25, 0.3) is 0 Å². The molecule has 0 unspecified atom stereocenters. The number of carbonyl (C=O) groups is 2. The number of likely N-dealkylation sites (N-methyl/N-ethyl adjacent to an activating group) is 1. The number of nitrogens with zero attached hydrogens (tertiary/aromatic N) is 3. The largest absolute Gasteiger partial charge is 0.349 e. The van der Waals surface area contributed by atoms with Crippen molar-refractivity contribution in [2.45, 2.75) is 26.7 Å². The van der Waals surface area contributed by atoms with E-state index >= 15 is 0 Å². The summed E-state index contributed by atoms with van der Waals surface area (Å²) in [5, 5.41) is 0. The van der Waals surface area contributed by atoms with E-state index in [1.807, 2.05) is 18.7 Å². The van der Waals surface area contributed by atoms with Crippen molar-refractivity contribution in [2.24, 2.45) is 5.92 Å². The second kappa shape index (κ2) is 7.48. The van der Waals surface area contributed by atoms with E-state index in [1.54, 1.807) is 19.0 Å². The van der Waals surface area contributed by atoms with Gasteiger partial charge in [0.1, 0.15) is 0 Å².